The summed E-state index contributed by atoms with van der Waals surface area (Å²) in [6.07, 6.45) is 0.997. The van der Waals surface area contributed by atoms with E-state index in [9.17, 15) is 8.78 Å². The maximum Gasteiger partial charge on any atom is 0.191 e. The number of ether oxygens (including phenoxy) is 1. The zero-order valence-electron chi connectivity index (χ0n) is 14.9. The topological polar surface area (TPSA) is 48.9 Å². The Morgan fingerprint density at radius 1 is 1.40 bits per heavy atom. The predicted molar refractivity (Wildman–Crippen MR) is 108 cm³/mol. The van der Waals surface area contributed by atoms with Gasteiger partial charge in [-0.2, -0.15) is 0 Å². The molecule has 1 saturated heterocycles. The molecule has 0 spiro atoms. The predicted octanol–water partition coefficient (Wildman–Crippen LogP) is 2.61. The van der Waals surface area contributed by atoms with Gasteiger partial charge in [0.05, 0.1) is 6.61 Å². The number of methoxy groups -OCH3 is 1. The van der Waals surface area contributed by atoms with E-state index < -0.39 is 11.6 Å². The highest BCUT2D eigenvalue weighted by Gasteiger charge is 2.23. The van der Waals surface area contributed by atoms with Crippen LogP contribution in [0.2, 0.25) is 0 Å². The van der Waals surface area contributed by atoms with Gasteiger partial charge in [0.1, 0.15) is 0 Å². The number of nitrogens with zero attached hydrogens (tertiary/aromatic N) is 2. The smallest absolute Gasteiger partial charge is 0.191 e. The molecule has 142 valence electrons. The molecule has 1 heterocycles. The van der Waals surface area contributed by atoms with E-state index in [1.165, 1.54) is 12.1 Å². The second-order valence-corrected chi connectivity index (χ2v) is 6.15. The van der Waals surface area contributed by atoms with E-state index in [-0.39, 0.29) is 30.0 Å². The lowest BCUT2D eigenvalue weighted by atomic mass is 10.1. The average Bonchev–Trinajstić information content (AvgIpc) is 3.03. The van der Waals surface area contributed by atoms with E-state index in [1.807, 2.05) is 6.92 Å². The summed E-state index contributed by atoms with van der Waals surface area (Å²) in [4.78, 5) is 6.29. The van der Waals surface area contributed by atoms with E-state index in [0.29, 0.717) is 12.5 Å². The third kappa shape index (κ3) is 6.58. The third-order valence-corrected chi connectivity index (χ3v) is 4.14. The van der Waals surface area contributed by atoms with Crippen molar-refractivity contribution in [2.75, 3.05) is 45.3 Å². The monoisotopic (exact) mass is 468 g/mol. The molecule has 1 aliphatic rings. The summed E-state index contributed by atoms with van der Waals surface area (Å²) in [6.45, 7) is 5.05. The summed E-state index contributed by atoms with van der Waals surface area (Å²) in [5.74, 6) is -0.442. The number of hydrogen-bond acceptors (Lipinski definition) is 3. The van der Waals surface area contributed by atoms with E-state index in [1.54, 1.807) is 20.2 Å². The van der Waals surface area contributed by atoms with Gasteiger partial charge >= 0.3 is 0 Å². The van der Waals surface area contributed by atoms with Crippen molar-refractivity contribution in [2.24, 2.45) is 10.9 Å². The van der Waals surface area contributed by atoms with Gasteiger partial charge < -0.3 is 20.3 Å². The first kappa shape index (κ1) is 21.9. The Balaban J connectivity index is 0.00000312. The molecule has 0 bridgehead atoms. The van der Waals surface area contributed by atoms with Crippen LogP contribution in [0.1, 0.15) is 13.3 Å². The van der Waals surface area contributed by atoms with Crippen LogP contribution in [0.15, 0.2) is 23.2 Å². The molecule has 25 heavy (non-hydrogen) atoms. The molecule has 0 saturated carbocycles. The fourth-order valence-corrected chi connectivity index (χ4v) is 2.88. The van der Waals surface area contributed by atoms with Crippen molar-refractivity contribution in [3.63, 3.8) is 0 Å². The summed E-state index contributed by atoms with van der Waals surface area (Å²) in [5.41, 5.74) is 0.729. The van der Waals surface area contributed by atoms with Crippen LogP contribution in [0, 0.1) is 17.6 Å². The quantitative estimate of drug-likeness (QED) is 0.383. The lowest BCUT2D eigenvalue weighted by molar-refractivity contribution is 0.179. The number of benzene rings is 1. The number of guanidine groups is 1. The van der Waals surface area contributed by atoms with Gasteiger partial charge in [-0.3, -0.25) is 4.99 Å². The SMILES string of the molecule is CN=C(NCC1CCN(c2ccc(F)c(F)c2)C1)NC(C)COC.I. The number of rotatable bonds is 6. The molecular weight excluding hydrogens is 441 g/mol. The largest absolute Gasteiger partial charge is 0.383 e. The Morgan fingerprint density at radius 3 is 2.80 bits per heavy atom. The molecular formula is C17H27F2IN4O. The molecule has 0 radical (unpaired) electrons. The van der Waals surface area contributed by atoms with E-state index in [2.05, 4.69) is 20.5 Å². The lowest BCUT2D eigenvalue weighted by Crippen LogP contribution is -2.45. The second kappa shape index (κ2) is 10.7. The molecule has 1 aromatic carbocycles. The highest BCUT2D eigenvalue weighted by Crippen LogP contribution is 2.24. The molecule has 0 aliphatic carbocycles. The first-order valence-corrected chi connectivity index (χ1v) is 8.19. The molecule has 8 heteroatoms. The van der Waals surface area contributed by atoms with Crippen molar-refractivity contribution in [3.05, 3.63) is 29.8 Å². The highest BCUT2D eigenvalue weighted by atomic mass is 127. The Bertz CT molecular complexity index is 574. The van der Waals surface area contributed by atoms with E-state index in [4.69, 9.17) is 4.74 Å². The van der Waals surface area contributed by atoms with Gasteiger partial charge in [-0.25, -0.2) is 8.78 Å². The molecule has 1 fully saturated rings. The van der Waals surface area contributed by atoms with Crippen LogP contribution in [-0.4, -0.2) is 52.4 Å². The average molecular weight is 468 g/mol. The van der Waals surface area contributed by atoms with Crippen LogP contribution in [0.5, 0.6) is 0 Å². The zero-order valence-corrected chi connectivity index (χ0v) is 17.2. The number of aliphatic imine (C=N–C) groups is 1. The first-order chi connectivity index (χ1) is 11.5. The van der Waals surface area contributed by atoms with Gasteiger partial charge in [0.2, 0.25) is 0 Å². The minimum atomic E-state index is -0.809. The van der Waals surface area contributed by atoms with Gasteiger partial charge in [-0.15, -0.1) is 24.0 Å². The fourth-order valence-electron chi connectivity index (χ4n) is 2.88. The molecule has 0 amide bonds. The summed E-state index contributed by atoms with van der Waals surface area (Å²) in [5, 5.41) is 6.57. The van der Waals surface area contributed by atoms with Crippen LogP contribution in [-0.2, 0) is 4.74 Å². The standard InChI is InChI=1S/C17H26F2N4O.HI/c1-12(11-24-3)22-17(20-2)21-9-13-6-7-23(10-13)14-4-5-15(18)16(19)8-14;/h4-5,8,12-13H,6-7,9-11H2,1-3H3,(H2,20,21,22);1H. The van der Waals surface area contributed by atoms with Crippen molar-refractivity contribution < 1.29 is 13.5 Å². The van der Waals surface area contributed by atoms with Crippen LogP contribution in [0.3, 0.4) is 0 Å². The van der Waals surface area contributed by atoms with Crippen LogP contribution in [0.4, 0.5) is 14.5 Å². The maximum atomic E-state index is 13.4. The molecule has 2 unspecified atom stereocenters. The summed E-state index contributed by atoms with van der Waals surface area (Å²) in [7, 11) is 3.40. The minimum absolute atomic E-state index is 0. The third-order valence-electron chi connectivity index (χ3n) is 4.14. The first-order valence-electron chi connectivity index (χ1n) is 8.19. The molecule has 5 nitrogen and oxygen atoms in total. The summed E-state index contributed by atoms with van der Waals surface area (Å²) < 4.78 is 31.5. The number of halogens is 3. The Labute approximate surface area is 165 Å². The molecule has 2 rings (SSSR count). The van der Waals surface area contributed by atoms with E-state index in [0.717, 1.165) is 37.7 Å². The maximum absolute atomic E-state index is 13.4. The van der Waals surface area contributed by atoms with Crippen molar-refractivity contribution in [1.29, 1.82) is 0 Å². The number of anilines is 1. The number of hydrogen-bond donors (Lipinski definition) is 2. The zero-order chi connectivity index (χ0) is 17.5. The fraction of sp³-hybridized carbons (Fsp3) is 0.588. The Morgan fingerprint density at radius 2 is 2.16 bits per heavy atom. The molecule has 0 aromatic heterocycles. The van der Waals surface area contributed by atoms with Crippen molar-refractivity contribution in [3.8, 4) is 0 Å². The van der Waals surface area contributed by atoms with Gasteiger partial charge in [0.15, 0.2) is 17.6 Å². The number of nitrogens with one attached hydrogen (secondary N) is 2. The van der Waals surface area contributed by atoms with E-state index >= 15 is 0 Å². The Kier molecular flexibility index (Phi) is 9.41. The van der Waals surface area contributed by atoms with Gasteiger partial charge in [0.25, 0.3) is 0 Å². The summed E-state index contributed by atoms with van der Waals surface area (Å²) >= 11 is 0. The Hall–Kier alpha value is -1.16. The molecule has 2 atom stereocenters. The van der Waals surface area contributed by atoms with Gasteiger partial charge in [0, 0.05) is 51.6 Å². The molecule has 1 aromatic rings. The molecule has 2 N–H and O–H groups in total. The van der Waals surface area contributed by atoms with Crippen molar-refractivity contribution in [2.45, 2.75) is 19.4 Å². The van der Waals surface area contributed by atoms with Crippen LogP contribution in [0.25, 0.3) is 0 Å². The van der Waals surface area contributed by atoms with Crippen molar-refractivity contribution in [1.82, 2.24) is 10.6 Å². The van der Waals surface area contributed by atoms with Crippen LogP contribution >= 0.6 is 24.0 Å². The van der Waals surface area contributed by atoms with Crippen LogP contribution < -0.4 is 15.5 Å². The normalized spacial score (nSPS) is 18.7. The lowest BCUT2D eigenvalue weighted by Gasteiger charge is -2.20. The van der Waals surface area contributed by atoms with Gasteiger partial charge in [-0.05, 0) is 31.4 Å². The molecule has 1 aliphatic heterocycles. The second-order valence-electron chi connectivity index (χ2n) is 6.15. The minimum Gasteiger partial charge on any atom is -0.383 e. The van der Waals surface area contributed by atoms with Crippen molar-refractivity contribution >= 4 is 35.6 Å². The highest BCUT2D eigenvalue weighted by molar-refractivity contribution is 14.0. The van der Waals surface area contributed by atoms with Gasteiger partial charge in [-0.1, -0.05) is 0 Å². The summed E-state index contributed by atoms with van der Waals surface area (Å²) in [6, 6.07) is 4.24.